The van der Waals surface area contributed by atoms with E-state index in [1.165, 1.54) is 10.9 Å². The summed E-state index contributed by atoms with van der Waals surface area (Å²) in [5.41, 5.74) is 20.3. The van der Waals surface area contributed by atoms with Crippen molar-refractivity contribution < 1.29 is 37.8 Å². The van der Waals surface area contributed by atoms with E-state index in [0.717, 1.165) is 138 Å². The maximum Gasteiger partial charge on any atom is 0.498 e. The van der Waals surface area contributed by atoms with E-state index in [9.17, 15) is 4.79 Å². The molecular formula is C89H96BBr2ClN18O8. The number of hydrogen-bond acceptors (Lipinski definition) is 23. The van der Waals surface area contributed by atoms with Crippen LogP contribution in [0.2, 0.25) is 5.15 Å². The van der Waals surface area contributed by atoms with E-state index >= 15 is 0 Å². The third-order valence-corrected chi connectivity index (χ3v) is 20.3. The van der Waals surface area contributed by atoms with E-state index < -0.39 is 11.7 Å². The van der Waals surface area contributed by atoms with E-state index in [-0.39, 0.29) is 42.5 Å². The van der Waals surface area contributed by atoms with Crippen LogP contribution >= 0.6 is 43.5 Å². The fourth-order valence-corrected chi connectivity index (χ4v) is 12.8. The van der Waals surface area contributed by atoms with Gasteiger partial charge >= 0.3 is 13.2 Å². The van der Waals surface area contributed by atoms with E-state index in [1.54, 1.807) is 76.5 Å². The number of H-pyrrole nitrogens is 1. The lowest BCUT2D eigenvalue weighted by Crippen LogP contribution is -2.41. The highest BCUT2D eigenvalue weighted by Crippen LogP contribution is 2.37. The summed E-state index contributed by atoms with van der Waals surface area (Å²) >= 11 is 12.5. The topological polar surface area (TPSA) is 311 Å². The molecule has 7 aromatic heterocycles. The summed E-state index contributed by atoms with van der Waals surface area (Å²) in [5.74, 6) is 5.54. The van der Waals surface area contributed by atoms with Crippen LogP contribution in [0.15, 0.2) is 241 Å². The Bertz CT molecular complexity index is 5860. The number of nitrogens with zero attached hydrogens (tertiary/aromatic N) is 13. The molecule has 1 fully saturated rings. The first-order chi connectivity index (χ1) is 56.9. The van der Waals surface area contributed by atoms with Crippen LogP contribution in [-0.2, 0) is 21.1 Å². The van der Waals surface area contributed by atoms with Crippen molar-refractivity contribution in [2.45, 2.75) is 117 Å². The molecule has 0 bridgehead atoms. The quantitative estimate of drug-likeness (QED) is 0.0529. The van der Waals surface area contributed by atoms with Gasteiger partial charge in [-0.05, 0) is 219 Å². The van der Waals surface area contributed by atoms with Crippen molar-refractivity contribution in [2.75, 3.05) is 44.4 Å². The normalized spacial score (nSPS) is 13.5. The van der Waals surface area contributed by atoms with Gasteiger partial charge in [-0.15, -0.1) is 0 Å². The Balaban J connectivity index is 0.000000146. The molecule has 26 nitrogen and oxygen atoms in total. The lowest BCUT2D eigenvalue weighted by molar-refractivity contribution is 0.00578. The van der Waals surface area contributed by atoms with Crippen LogP contribution in [0, 0.1) is 0 Å². The van der Waals surface area contributed by atoms with Crippen molar-refractivity contribution in [3.05, 3.63) is 268 Å². The summed E-state index contributed by atoms with van der Waals surface area (Å²) < 4.78 is 43.0. The lowest BCUT2D eigenvalue weighted by Gasteiger charge is -2.32. The van der Waals surface area contributed by atoms with Crippen LogP contribution in [-0.4, -0.2) is 128 Å². The van der Waals surface area contributed by atoms with Crippen LogP contribution in [0.1, 0.15) is 123 Å². The molecule has 0 spiro atoms. The number of nitrogens with one attached hydrogen (secondary N) is 4. The van der Waals surface area contributed by atoms with Crippen LogP contribution in [0.25, 0.3) is 66.4 Å². The third kappa shape index (κ3) is 24.4. The van der Waals surface area contributed by atoms with Gasteiger partial charge in [0, 0.05) is 63.4 Å². The Kier molecular flexibility index (Phi) is 29.5. The van der Waals surface area contributed by atoms with E-state index in [0.29, 0.717) is 11.0 Å². The zero-order valence-corrected chi connectivity index (χ0v) is 73.0. The predicted molar refractivity (Wildman–Crippen MR) is 479 cm³/mol. The molecule has 119 heavy (non-hydrogen) atoms. The first-order valence-electron chi connectivity index (χ1n) is 38.2. The molecule has 614 valence electrons. The van der Waals surface area contributed by atoms with E-state index in [1.807, 2.05) is 233 Å². The van der Waals surface area contributed by atoms with Crippen LogP contribution in [0.5, 0.6) is 23.0 Å². The minimum absolute atomic E-state index is 0.0322. The molecule has 1 saturated heterocycles. The lowest BCUT2D eigenvalue weighted by atomic mass is 9.82. The first-order valence-corrected chi connectivity index (χ1v) is 40.1. The smallest absolute Gasteiger partial charge is 0.497 e. The molecule has 6 N–H and O–H groups in total. The summed E-state index contributed by atoms with van der Waals surface area (Å²) in [6.07, 6.45) is 16.9. The molecule has 1 aliphatic rings. The van der Waals surface area contributed by atoms with Crippen molar-refractivity contribution in [2.24, 2.45) is 12.8 Å². The van der Waals surface area contributed by atoms with Gasteiger partial charge in [0.1, 0.15) is 51.2 Å². The Labute approximate surface area is 714 Å². The van der Waals surface area contributed by atoms with Gasteiger partial charge < -0.3 is 54.7 Å². The number of benzene rings is 8. The van der Waals surface area contributed by atoms with Crippen molar-refractivity contribution in [3.8, 4) is 45.3 Å². The summed E-state index contributed by atoms with van der Waals surface area (Å²) in [6.45, 7) is 21.8. The molecule has 0 amide bonds. The second-order valence-corrected chi connectivity index (χ2v) is 32.0. The molecule has 16 rings (SSSR count). The van der Waals surface area contributed by atoms with Gasteiger partial charge in [-0.1, -0.05) is 104 Å². The van der Waals surface area contributed by atoms with Gasteiger partial charge in [-0.3, -0.25) is 29.7 Å². The summed E-state index contributed by atoms with van der Waals surface area (Å²) in [6, 6.07) is 55.3. The zero-order valence-electron chi connectivity index (χ0n) is 69.1. The summed E-state index contributed by atoms with van der Waals surface area (Å²) in [5, 5.41) is 25.6. The SMILES string of the molecule is COc1cccc([C@@H](C)N)c1.COc1cccc([C@@H](C)Nc2cnc3cc(-c4cn[nH]c4)ccc3n2)c1.COc1cccc([C@@H](C)Nc2cnc3cc(-c4cnn(C(=O)OC(C)(C)C)c4)ccc3n2)c1.COc1cccc([C@@H](C)Nc2cnc3cc(Br)ccc3n2)c1.Clc1cnc2cc(Br)ccc2n1.Cn1cc(B2OC(C)(C)C(C)(C)O2)cn1. The van der Waals surface area contributed by atoms with Gasteiger partial charge in [-0.2, -0.15) is 20.0 Å². The number of nitrogens with two attached hydrogens (primary N) is 1. The average molecular weight is 1750 g/mol. The molecule has 4 atom stereocenters. The molecule has 30 heteroatoms. The number of halogens is 3. The Hall–Kier alpha value is -12.0. The average Bonchev–Trinajstić information content (AvgIpc) is 1.64. The van der Waals surface area contributed by atoms with Gasteiger partial charge in [0.2, 0.25) is 0 Å². The Morgan fingerprint density at radius 3 is 1.29 bits per heavy atom. The number of carbonyl (C=O) groups is 1. The Morgan fingerprint density at radius 2 is 0.891 bits per heavy atom. The largest absolute Gasteiger partial charge is 0.498 e. The number of rotatable bonds is 17. The number of anilines is 3. The minimum atomic E-state index is -0.586. The van der Waals surface area contributed by atoms with Crippen molar-refractivity contribution in [3.63, 3.8) is 0 Å². The number of ether oxygens (including phenoxy) is 5. The maximum atomic E-state index is 12.2. The fraction of sp³-hybridized carbons (Fsp3) is 0.258. The summed E-state index contributed by atoms with van der Waals surface area (Å²) in [4.78, 5) is 48.0. The molecule has 15 aromatic rings. The zero-order chi connectivity index (χ0) is 85.1. The van der Waals surface area contributed by atoms with Crippen LogP contribution in [0.4, 0.5) is 22.2 Å². The minimum Gasteiger partial charge on any atom is -0.497 e. The van der Waals surface area contributed by atoms with Gasteiger partial charge in [0.25, 0.3) is 0 Å². The fourth-order valence-electron chi connectivity index (χ4n) is 11.9. The van der Waals surface area contributed by atoms with Gasteiger partial charge in [-0.25, -0.2) is 24.7 Å². The predicted octanol–water partition coefficient (Wildman–Crippen LogP) is 19.7. The van der Waals surface area contributed by atoms with Gasteiger partial charge in [0.05, 0.1) is 139 Å². The number of aryl methyl sites for hydroxylation is 1. The molecule has 0 aliphatic carbocycles. The number of methoxy groups -OCH3 is 4. The summed E-state index contributed by atoms with van der Waals surface area (Å²) in [7, 11) is 8.23. The molecule has 8 heterocycles. The number of carbonyl (C=O) groups excluding carboxylic acids is 1. The number of aromatic amines is 1. The standard InChI is InChI=1S/C25H27N5O3.C20H19N5O.C17H16BrN3O.C10H17BN2O2.C9H13NO.C8H4BrClN2/c1-16(17-7-6-8-20(11-17)32-5)28-23-14-26-22-12-18(9-10-21(22)29-23)19-13-27-30(15-19)24(31)33-25(2,3)4;1-13(14-4-3-5-17(8-14)26-2)24-20-12-21-19-9-15(6-7-18(19)25-20)16-10-22-23-11-16;1-11(12-4-3-5-14(8-12)22-2)20-17-10-19-16-9-13(18)6-7-15(16)21-17;1-9(2)10(3,4)15-11(14-9)8-6-12-13(5)7-8;1-7(10)8-4-3-5-9(6-8)11-2;9-5-1-2-6-7(3-5)11-4-8(10)12-6/h6-16H,1-5H3,(H,28,29);3-13H,1-2H3,(H,22,23)(H,24,25);3-11H,1-2H3,(H,20,21);6-7H,1-5H3;3-7H,10H2,1-2H3;1-4H/t16-;13-;11-;;7-;/m111.1./s1. The number of fused-ring (bicyclic) bond motifs is 4. The monoisotopic (exact) mass is 1750 g/mol. The van der Waals surface area contributed by atoms with Gasteiger partial charge in [0.15, 0.2) is 0 Å². The second kappa shape index (κ2) is 40.0. The molecule has 1 aliphatic heterocycles. The third-order valence-electron chi connectivity index (χ3n) is 19.1. The van der Waals surface area contributed by atoms with E-state index in [2.05, 4.69) is 136 Å². The first kappa shape index (κ1) is 87.8. The Morgan fingerprint density at radius 1 is 0.487 bits per heavy atom. The molecular weight excluding hydrogens is 1660 g/mol. The van der Waals surface area contributed by atoms with E-state index in [4.69, 9.17) is 55.3 Å². The van der Waals surface area contributed by atoms with Crippen LogP contribution in [0.3, 0.4) is 0 Å². The molecule has 0 saturated carbocycles. The number of aromatic nitrogens is 14. The molecule has 8 aromatic carbocycles. The number of hydrogen-bond donors (Lipinski definition) is 5. The highest BCUT2D eigenvalue weighted by molar-refractivity contribution is 9.10. The van der Waals surface area contributed by atoms with Crippen LogP contribution < -0.4 is 46.1 Å². The van der Waals surface area contributed by atoms with Crippen molar-refractivity contribution in [1.29, 1.82) is 0 Å². The highest BCUT2D eigenvalue weighted by atomic mass is 79.9. The highest BCUT2D eigenvalue weighted by Gasteiger charge is 2.52. The van der Waals surface area contributed by atoms with Crippen molar-refractivity contribution >= 4 is 124 Å². The second-order valence-electron chi connectivity index (χ2n) is 29.8. The molecule has 0 unspecified atom stereocenters. The molecule has 0 radical (unpaired) electrons. The van der Waals surface area contributed by atoms with Crippen molar-refractivity contribution in [1.82, 2.24) is 69.6 Å². The maximum absolute atomic E-state index is 12.2.